The highest BCUT2D eigenvalue weighted by Gasteiger charge is 2.25. The number of aliphatic imine (C=N–C) groups is 1. The van der Waals surface area contributed by atoms with Crippen molar-refractivity contribution in [3.63, 3.8) is 0 Å². The molecule has 2 unspecified atom stereocenters. The van der Waals surface area contributed by atoms with Crippen LogP contribution in [0.25, 0.3) is 0 Å². The quantitative estimate of drug-likeness (QED) is 0.542. The van der Waals surface area contributed by atoms with Gasteiger partial charge in [0.15, 0.2) is 5.96 Å². The molecule has 1 amide bonds. The Morgan fingerprint density at radius 1 is 1.21 bits per heavy atom. The Kier molecular flexibility index (Phi) is 7.82. The third-order valence-electron chi connectivity index (χ3n) is 5.05. The lowest BCUT2D eigenvalue weighted by atomic mass is 9.95. The Labute approximate surface area is 146 Å². The molecule has 0 saturated carbocycles. The van der Waals surface area contributed by atoms with Crippen LogP contribution in [0.1, 0.15) is 46.0 Å². The lowest BCUT2D eigenvalue weighted by Gasteiger charge is -2.34. The Morgan fingerprint density at radius 3 is 2.75 bits per heavy atom. The van der Waals surface area contributed by atoms with E-state index in [1.54, 1.807) is 0 Å². The number of likely N-dealkylation sites (tertiary alicyclic amines) is 2. The molecule has 0 aliphatic carbocycles. The number of carbonyl (C=O) groups is 1. The van der Waals surface area contributed by atoms with Crippen LogP contribution in [0.15, 0.2) is 4.99 Å². The molecular formula is C18H35N5O. The normalized spacial score (nSPS) is 25.9. The number of hydrogen-bond acceptors (Lipinski definition) is 3. The third-order valence-corrected chi connectivity index (χ3v) is 5.05. The average molecular weight is 338 g/mol. The monoisotopic (exact) mass is 337 g/mol. The summed E-state index contributed by atoms with van der Waals surface area (Å²) in [5.41, 5.74) is 5.37. The van der Waals surface area contributed by atoms with Crippen molar-refractivity contribution in [2.75, 3.05) is 45.8 Å². The first-order valence-electron chi connectivity index (χ1n) is 9.66. The highest BCUT2D eigenvalue weighted by molar-refractivity contribution is 5.80. The summed E-state index contributed by atoms with van der Waals surface area (Å²) in [6, 6.07) is 0. The van der Waals surface area contributed by atoms with Crippen LogP contribution in [-0.2, 0) is 4.79 Å². The van der Waals surface area contributed by atoms with E-state index in [1.165, 1.54) is 32.5 Å². The number of rotatable bonds is 7. The molecule has 2 saturated heterocycles. The van der Waals surface area contributed by atoms with E-state index in [9.17, 15) is 4.79 Å². The minimum absolute atomic E-state index is 0.189. The zero-order valence-electron chi connectivity index (χ0n) is 15.5. The number of nitrogens with two attached hydrogens (primary N) is 1. The van der Waals surface area contributed by atoms with E-state index < -0.39 is 0 Å². The van der Waals surface area contributed by atoms with Gasteiger partial charge in [0, 0.05) is 39.1 Å². The van der Waals surface area contributed by atoms with Crippen LogP contribution in [0, 0.1) is 11.8 Å². The molecule has 138 valence electrons. The van der Waals surface area contributed by atoms with Crippen LogP contribution in [0.4, 0.5) is 0 Å². The number of guanidine groups is 1. The Morgan fingerprint density at radius 2 is 2.04 bits per heavy atom. The van der Waals surface area contributed by atoms with Gasteiger partial charge in [0.05, 0.1) is 0 Å². The minimum atomic E-state index is -0.189. The van der Waals surface area contributed by atoms with E-state index in [1.807, 2.05) is 0 Å². The fraction of sp³-hybridized carbons (Fsp3) is 0.889. The van der Waals surface area contributed by atoms with Crippen LogP contribution in [0.2, 0.25) is 0 Å². The maximum absolute atomic E-state index is 11.2. The Hall–Kier alpha value is -1.30. The smallest absolute Gasteiger partial charge is 0.217 e. The van der Waals surface area contributed by atoms with Gasteiger partial charge in [0.1, 0.15) is 0 Å². The van der Waals surface area contributed by atoms with Crippen molar-refractivity contribution in [3.8, 4) is 0 Å². The van der Waals surface area contributed by atoms with Gasteiger partial charge in [-0.3, -0.25) is 9.79 Å². The zero-order valence-corrected chi connectivity index (χ0v) is 15.5. The zero-order chi connectivity index (χ0) is 17.4. The summed E-state index contributed by atoms with van der Waals surface area (Å²) >= 11 is 0. The van der Waals surface area contributed by atoms with Gasteiger partial charge in [-0.15, -0.1) is 0 Å². The summed E-state index contributed by atoms with van der Waals surface area (Å²) in [5, 5.41) is 3.43. The molecule has 0 aromatic heterocycles. The van der Waals surface area contributed by atoms with E-state index in [4.69, 9.17) is 10.7 Å². The molecule has 2 aliphatic rings. The van der Waals surface area contributed by atoms with Gasteiger partial charge in [-0.05, 0) is 57.5 Å². The standard InChI is InChI=1S/C18H35N5O/c1-3-8-22-10-7-16(13-22)12-21-18(20-4-2)23-9-5-6-15(14-23)11-17(19)24/h15-16H,3-14H2,1-2H3,(H2,19,24)(H,20,21). The van der Waals surface area contributed by atoms with Gasteiger partial charge in [-0.1, -0.05) is 6.92 Å². The van der Waals surface area contributed by atoms with Crippen molar-refractivity contribution in [3.05, 3.63) is 0 Å². The van der Waals surface area contributed by atoms with Crippen LogP contribution < -0.4 is 11.1 Å². The van der Waals surface area contributed by atoms with E-state index in [0.29, 0.717) is 18.3 Å². The molecule has 2 rings (SSSR count). The second-order valence-electron chi connectivity index (χ2n) is 7.27. The SMILES string of the molecule is CCCN1CCC(CN=C(NCC)N2CCCC(CC(N)=O)C2)C1. The number of hydrogen-bond donors (Lipinski definition) is 2. The van der Waals surface area contributed by atoms with E-state index in [0.717, 1.165) is 45.0 Å². The van der Waals surface area contributed by atoms with Gasteiger partial charge in [-0.25, -0.2) is 0 Å². The number of primary amides is 1. The predicted molar refractivity (Wildman–Crippen MR) is 98.9 cm³/mol. The van der Waals surface area contributed by atoms with Crippen molar-refractivity contribution in [1.29, 1.82) is 0 Å². The largest absolute Gasteiger partial charge is 0.370 e. The van der Waals surface area contributed by atoms with E-state index in [-0.39, 0.29) is 5.91 Å². The summed E-state index contributed by atoms with van der Waals surface area (Å²) in [6.07, 6.45) is 5.18. The third kappa shape index (κ3) is 5.96. The molecule has 2 aliphatic heterocycles. The molecule has 24 heavy (non-hydrogen) atoms. The maximum Gasteiger partial charge on any atom is 0.217 e. The molecule has 2 atom stereocenters. The predicted octanol–water partition coefficient (Wildman–Crippen LogP) is 1.27. The minimum Gasteiger partial charge on any atom is -0.370 e. The first-order valence-corrected chi connectivity index (χ1v) is 9.66. The van der Waals surface area contributed by atoms with Crippen molar-refractivity contribution in [2.45, 2.75) is 46.0 Å². The summed E-state index contributed by atoms with van der Waals surface area (Å²) in [6.45, 7) is 11.7. The topological polar surface area (TPSA) is 74.0 Å². The molecule has 0 aromatic carbocycles. The summed E-state index contributed by atoms with van der Waals surface area (Å²) in [5.74, 6) is 1.87. The number of nitrogens with one attached hydrogen (secondary N) is 1. The first-order chi connectivity index (χ1) is 11.6. The maximum atomic E-state index is 11.2. The Bertz CT molecular complexity index is 426. The van der Waals surface area contributed by atoms with Crippen LogP contribution in [0.5, 0.6) is 0 Å². The molecule has 2 heterocycles. The van der Waals surface area contributed by atoms with E-state index in [2.05, 4.69) is 29.0 Å². The average Bonchev–Trinajstić information content (AvgIpc) is 2.99. The van der Waals surface area contributed by atoms with E-state index >= 15 is 0 Å². The Balaban J connectivity index is 1.89. The number of nitrogens with zero attached hydrogens (tertiary/aromatic N) is 3. The lowest BCUT2D eigenvalue weighted by Crippen LogP contribution is -2.47. The fourth-order valence-electron chi connectivity index (χ4n) is 3.93. The van der Waals surface area contributed by atoms with Gasteiger partial charge in [-0.2, -0.15) is 0 Å². The fourth-order valence-corrected chi connectivity index (χ4v) is 3.93. The first kappa shape index (κ1) is 19.0. The molecule has 0 radical (unpaired) electrons. The molecule has 3 N–H and O–H groups in total. The summed E-state index contributed by atoms with van der Waals surface area (Å²) in [4.78, 5) is 21.0. The summed E-state index contributed by atoms with van der Waals surface area (Å²) in [7, 11) is 0. The molecule has 0 spiro atoms. The van der Waals surface area contributed by atoms with Crippen LogP contribution in [0.3, 0.4) is 0 Å². The highest BCUT2D eigenvalue weighted by atomic mass is 16.1. The number of carbonyl (C=O) groups excluding carboxylic acids is 1. The number of amides is 1. The molecule has 0 bridgehead atoms. The molecular weight excluding hydrogens is 302 g/mol. The molecule has 2 fully saturated rings. The van der Waals surface area contributed by atoms with Gasteiger partial charge in [0.2, 0.25) is 5.91 Å². The molecule has 6 nitrogen and oxygen atoms in total. The number of piperidine rings is 1. The van der Waals surface area contributed by atoms with Gasteiger partial charge in [0.25, 0.3) is 0 Å². The highest BCUT2D eigenvalue weighted by Crippen LogP contribution is 2.20. The lowest BCUT2D eigenvalue weighted by molar-refractivity contribution is -0.119. The molecule has 0 aromatic rings. The van der Waals surface area contributed by atoms with Crippen molar-refractivity contribution in [1.82, 2.24) is 15.1 Å². The van der Waals surface area contributed by atoms with Gasteiger partial charge < -0.3 is 20.9 Å². The van der Waals surface area contributed by atoms with Crippen molar-refractivity contribution in [2.24, 2.45) is 22.6 Å². The second kappa shape index (κ2) is 9.87. The molecule has 6 heteroatoms. The van der Waals surface area contributed by atoms with Crippen LogP contribution >= 0.6 is 0 Å². The van der Waals surface area contributed by atoms with Crippen molar-refractivity contribution < 1.29 is 4.79 Å². The van der Waals surface area contributed by atoms with Crippen molar-refractivity contribution >= 4 is 11.9 Å². The van der Waals surface area contributed by atoms with Gasteiger partial charge >= 0.3 is 0 Å². The summed E-state index contributed by atoms with van der Waals surface area (Å²) < 4.78 is 0. The second-order valence-corrected chi connectivity index (χ2v) is 7.27. The van der Waals surface area contributed by atoms with Crippen LogP contribution in [-0.4, -0.2) is 67.5 Å².